The molecule has 0 aliphatic heterocycles. The summed E-state index contributed by atoms with van der Waals surface area (Å²) in [5.74, 6) is 0. The van der Waals surface area contributed by atoms with Crippen LogP contribution < -0.4 is 0 Å². The summed E-state index contributed by atoms with van der Waals surface area (Å²) in [6, 6.07) is 11.7. The fourth-order valence-corrected chi connectivity index (χ4v) is 2.33. The number of benzene rings is 1. The van der Waals surface area contributed by atoms with Crippen LogP contribution in [0.1, 0.15) is 23.0 Å². The smallest absolute Gasteiger partial charge is 0.172 e. The Balaban J connectivity index is 2.25. The van der Waals surface area contributed by atoms with E-state index in [1.807, 2.05) is 36.4 Å². The summed E-state index contributed by atoms with van der Waals surface area (Å²) in [7, 11) is 0. The molecule has 0 unspecified atom stereocenters. The minimum atomic E-state index is 0.314. The average Bonchev–Trinajstić information content (AvgIpc) is 2.99. The maximum atomic E-state index is 11.3. The van der Waals surface area contributed by atoms with Crippen molar-refractivity contribution in [3.63, 3.8) is 0 Å². The van der Waals surface area contributed by atoms with Crippen molar-refractivity contribution in [3.8, 4) is 16.9 Å². The van der Waals surface area contributed by atoms with E-state index in [9.17, 15) is 4.79 Å². The highest BCUT2D eigenvalue weighted by molar-refractivity contribution is 5.83. The molecule has 3 aromatic rings. The molecule has 0 spiro atoms. The number of nitrogens with zero attached hydrogens (tertiary/aromatic N) is 4. The Hall–Kier alpha value is -2.82. The molecule has 0 radical (unpaired) electrons. The Morgan fingerprint density at radius 3 is 2.76 bits per heavy atom. The molecule has 2 aromatic heterocycles. The van der Waals surface area contributed by atoms with Crippen LogP contribution in [0.5, 0.6) is 0 Å². The number of aryl methyl sites for hydroxylation is 1. The van der Waals surface area contributed by atoms with Gasteiger partial charge in [0.2, 0.25) is 0 Å². The Morgan fingerprint density at radius 2 is 2.05 bits per heavy atom. The Morgan fingerprint density at radius 1 is 1.19 bits per heavy atom. The zero-order valence-corrected chi connectivity index (χ0v) is 11.6. The molecular formula is C16H14N4O. The van der Waals surface area contributed by atoms with Gasteiger partial charge in [0, 0.05) is 18.0 Å². The number of rotatable bonds is 4. The third-order valence-corrected chi connectivity index (χ3v) is 3.34. The number of carbonyl (C=O) groups is 1. The lowest BCUT2D eigenvalue weighted by Crippen LogP contribution is -2.03. The minimum absolute atomic E-state index is 0.314. The summed E-state index contributed by atoms with van der Waals surface area (Å²) in [4.78, 5) is 15.4. The zero-order valence-electron chi connectivity index (χ0n) is 11.6. The monoisotopic (exact) mass is 278 g/mol. The molecule has 5 nitrogen and oxygen atoms in total. The summed E-state index contributed by atoms with van der Waals surface area (Å²) < 4.78 is 1.71. The maximum absolute atomic E-state index is 11.3. The lowest BCUT2D eigenvalue weighted by Gasteiger charge is -2.10. The third kappa shape index (κ3) is 2.33. The normalized spacial score (nSPS) is 10.5. The Bertz CT molecular complexity index is 765. The standard InChI is InChI=1S/C16H14N4O/c1-2-12-6-3-4-8-15(12)20-16(14(11-21)18-19-20)13-7-5-9-17-10-13/h3-11H,2H2,1H3. The van der Waals surface area contributed by atoms with Gasteiger partial charge in [-0.05, 0) is 30.2 Å². The second-order valence-electron chi connectivity index (χ2n) is 4.58. The zero-order chi connectivity index (χ0) is 14.7. The van der Waals surface area contributed by atoms with Crippen LogP contribution in [0, 0.1) is 0 Å². The second-order valence-corrected chi connectivity index (χ2v) is 4.58. The van der Waals surface area contributed by atoms with E-state index >= 15 is 0 Å². The molecule has 0 amide bonds. The quantitative estimate of drug-likeness (QED) is 0.688. The molecule has 0 saturated heterocycles. The molecule has 0 atom stereocenters. The Labute approximate surface area is 122 Å². The van der Waals surface area contributed by atoms with Crippen molar-refractivity contribution >= 4 is 6.29 Å². The van der Waals surface area contributed by atoms with Crippen LogP contribution in [0.3, 0.4) is 0 Å². The van der Waals surface area contributed by atoms with Crippen LogP contribution in [0.25, 0.3) is 16.9 Å². The maximum Gasteiger partial charge on any atom is 0.172 e. The van der Waals surface area contributed by atoms with Gasteiger partial charge in [0.05, 0.1) is 5.69 Å². The van der Waals surface area contributed by atoms with Gasteiger partial charge in [0.15, 0.2) is 12.0 Å². The van der Waals surface area contributed by atoms with Crippen molar-refractivity contribution in [2.24, 2.45) is 0 Å². The van der Waals surface area contributed by atoms with Crippen molar-refractivity contribution < 1.29 is 4.79 Å². The summed E-state index contributed by atoms with van der Waals surface area (Å²) in [6.45, 7) is 2.08. The highest BCUT2D eigenvalue weighted by atomic mass is 16.1. The molecule has 0 N–H and O–H groups in total. The van der Waals surface area contributed by atoms with E-state index in [1.165, 1.54) is 0 Å². The van der Waals surface area contributed by atoms with Gasteiger partial charge in [-0.3, -0.25) is 9.78 Å². The van der Waals surface area contributed by atoms with E-state index in [4.69, 9.17) is 0 Å². The minimum Gasteiger partial charge on any atom is -0.296 e. The highest BCUT2D eigenvalue weighted by Crippen LogP contribution is 2.25. The first-order valence-electron chi connectivity index (χ1n) is 6.74. The molecule has 3 rings (SSSR count). The molecule has 0 bridgehead atoms. The second kappa shape index (κ2) is 5.66. The van der Waals surface area contributed by atoms with Crippen LogP contribution in [0.2, 0.25) is 0 Å². The van der Waals surface area contributed by atoms with Crippen molar-refractivity contribution in [1.82, 2.24) is 20.0 Å². The molecule has 1 aromatic carbocycles. The molecule has 0 fully saturated rings. The highest BCUT2D eigenvalue weighted by Gasteiger charge is 2.17. The van der Waals surface area contributed by atoms with E-state index < -0.39 is 0 Å². The van der Waals surface area contributed by atoms with Crippen LogP contribution in [-0.4, -0.2) is 26.3 Å². The summed E-state index contributed by atoms with van der Waals surface area (Å²) >= 11 is 0. The van der Waals surface area contributed by atoms with Gasteiger partial charge in [0.25, 0.3) is 0 Å². The molecule has 2 heterocycles. The summed E-state index contributed by atoms with van der Waals surface area (Å²) in [6.07, 6.45) is 4.99. The molecule has 21 heavy (non-hydrogen) atoms. The van der Waals surface area contributed by atoms with Gasteiger partial charge in [-0.15, -0.1) is 5.10 Å². The first-order valence-corrected chi connectivity index (χ1v) is 6.74. The molecular weight excluding hydrogens is 264 g/mol. The first kappa shape index (κ1) is 13.2. The van der Waals surface area contributed by atoms with Gasteiger partial charge in [-0.1, -0.05) is 30.3 Å². The van der Waals surface area contributed by atoms with Crippen molar-refractivity contribution in [2.45, 2.75) is 13.3 Å². The number of carbonyl (C=O) groups excluding carboxylic acids is 1. The lowest BCUT2D eigenvalue weighted by molar-refractivity contribution is 0.111. The van der Waals surface area contributed by atoms with Gasteiger partial charge in [0.1, 0.15) is 5.69 Å². The van der Waals surface area contributed by atoms with Gasteiger partial charge in [-0.2, -0.15) is 0 Å². The number of hydrogen-bond donors (Lipinski definition) is 0. The van der Waals surface area contributed by atoms with Crippen molar-refractivity contribution in [1.29, 1.82) is 0 Å². The van der Waals surface area contributed by atoms with Crippen molar-refractivity contribution in [3.05, 3.63) is 60.0 Å². The number of aromatic nitrogens is 4. The topological polar surface area (TPSA) is 60.7 Å². The van der Waals surface area contributed by atoms with E-state index in [-0.39, 0.29) is 0 Å². The van der Waals surface area contributed by atoms with Crippen LogP contribution >= 0.6 is 0 Å². The van der Waals surface area contributed by atoms with Crippen LogP contribution in [-0.2, 0) is 6.42 Å². The van der Waals surface area contributed by atoms with E-state index in [1.54, 1.807) is 17.1 Å². The van der Waals surface area contributed by atoms with Crippen LogP contribution in [0.15, 0.2) is 48.8 Å². The predicted molar refractivity (Wildman–Crippen MR) is 79.4 cm³/mol. The number of para-hydroxylation sites is 1. The fourth-order valence-electron chi connectivity index (χ4n) is 2.33. The Kier molecular flexibility index (Phi) is 3.55. The lowest BCUT2D eigenvalue weighted by atomic mass is 10.1. The number of hydrogen-bond acceptors (Lipinski definition) is 4. The fraction of sp³-hybridized carbons (Fsp3) is 0.125. The molecule has 104 valence electrons. The summed E-state index contributed by atoms with van der Waals surface area (Å²) in [5.41, 5.74) is 3.87. The van der Waals surface area contributed by atoms with Gasteiger partial charge in [-0.25, -0.2) is 4.68 Å². The molecule has 5 heteroatoms. The average molecular weight is 278 g/mol. The van der Waals surface area contributed by atoms with Gasteiger partial charge < -0.3 is 0 Å². The number of aldehydes is 1. The predicted octanol–water partition coefficient (Wildman–Crippen LogP) is 2.70. The van der Waals surface area contributed by atoms with E-state index in [0.717, 1.165) is 29.5 Å². The van der Waals surface area contributed by atoms with Crippen molar-refractivity contribution in [2.75, 3.05) is 0 Å². The third-order valence-electron chi connectivity index (χ3n) is 3.34. The number of pyridine rings is 1. The molecule has 0 aliphatic carbocycles. The first-order chi connectivity index (χ1) is 10.3. The van der Waals surface area contributed by atoms with E-state index in [0.29, 0.717) is 11.4 Å². The van der Waals surface area contributed by atoms with Gasteiger partial charge >= 0.3 is 0 Å². The molecule has 0 aliphatic rings. The molecule has 0 saturated carbocycles. The summed E-state index contributed by atoms with van der Waals surface area (Å²) in [5, 5.41) is 8.13. The van der Waals surface area contributed by atoms with E-state index in [2.05, 4.69) is 22.2 Å². The largest absolute Gasteiger partial charge is 0.296 e. The van der Waals surface area contributed by atoms with Crippen LogP contribution in [0.4, 0.5) is 0 Å². The SMILES string of the molecule is CCc1ccccc1-n1nnc(C=O)c1-c1cccnc1.